The molecule has 4 heterocycles. The van der Waals surface area contributed by atoms with Crippen LogP contribution in [0.1, 0.15) is 35.6 Å². The van der Waals surface area contributed by atoms with E-state index in [1.165, 1.54) is 11.8 Å². The molecule has 1 aromatic heterocycles. The Bertz CT molecular complexity index is 1440. The van der Waals surface area contributed by atoms with Crippen LogP contribution in [0.4, 0.5) is 5.82 Å². The third kappa shape index (κ3) is 4.79. The summed E-state index contributed by atoms with van der Waals surface area (Å²) in [5.41, 5.74) is 2.01. The first-order valence-electron chi connectivity index (χ1n) is 12.6. The van der Waals surface area contributed by atoms with Crippen LogP contribution in [0.3, 0.4) is 0 Å². The molecule has 0 bridgehead atoms. The highest BCUT2D eigenvalue weighted by atomic mass is 32.2. The van der Waals surface area contributed by atoms with Crippen molar-refractivity contribution in [1.82, 2.24) is 14.4 Å². The number of carbonyl (C=O) groups excluding carboxylic acids is 1. The van der Waals surface area contributed by atoms with E-state index in [4.69, 9.17) is 21.7 Å². The fourth-order valence-corrected chi connectivity index (χ4v) is 6.16. The van der Waals surface area contributed by atoms with Crippen LogP contribution in [-0.2, 0) is 17.9 Å². The van der Waals surface area contributed by atoms with Crippen molar-refractivity contribution in [3.63, 3.8) is 0 Å². The number of nitrogens with zero attached hydrogens (tertiary/aromatic N) is 5. The number of nitriles is 1. The number of thiocarbonyl (C=S) groups is 1. The van der Waals surface area contributed by atoms with Crippen molar-refractivity contribution in [3.05, 3.63) is 55.7 Å². The fraction of sp³-hybridized carbons (Fsp3) is 0.407. The van der Waals surface area contributed by atoms with Gasteiger partial charge in [0, 0.05) is 38.3 Å². The second kappa shape index (κ2) is 10.8. The van der Waals surface area contributed by atoms with Crippen LogP contribution >= 0.6 is 24.0 Å². The third-order valence-corrected chi connectivity index (χ3v) is 8.40. The van der Waals surface area contributed by atoms with Crippen molar-refractivity contribution >= 4 is 46.1 Å². The van der Waals surface area contributed by atoms with Crippen LogP contribution < -0.4 is 19.9 Å². The molecule has 0 spiro atoms. The molecule has 2 aromatic rings. The third-order valence-electron chi connectivity index (χ3n) is 7.02. The molecule has 0 N–H and O–H groups in total. The Hall–Kier alpha value is -3.33. The number of anilines is 1. The first kappa shape index (κ1) is 26.3. The van der Waals surface area contributed by atoms with Crippen molar-refractivity contribution in [2.75, 3.05) is 44.9 Å². The molecule has 0 atom stereocenters. The lowest BCUT2D eigenvalue weighted by molar-refractivity contribution is -0.122. The van der Waals surface area contributed by atoms with Crippen LogP contribution in [0.5, 0.6) is 11.5 Å². The summed E-state index contributed by atoms with van der Waals surface area (Å²) in [6.45, 7) is 7.98. The van der Waals surface area contributed by atoms with Crippen molar-refractivity contribution < 1.29 is 14.3 Å². The van der Waals surface area contributed by atoms with Crippen LogP contribution in [0.15, 0.2) is 27.9 Å². The van der Waals surface area contributed by atoms with Crippen molar-refractivity contribution in [1.29, 1.82) is 5.26 Å². The number of pyridine rings is 1. The molecule has 0 aliphatic carbocycles. The predicted octanol–water partition coefficient (Wildman–Crippen LogP) is 3.32. The Morgan fingerprint density at radius 1 is 1.16 bits per heavy atom. The topological polar surface area (TPSA) is 91.0 Å². The van der Waals surface area contributed by atoms with E-state index in [9.17, 15) is 14.9 Å². The number of amides is 1. The Balaban J connectivity index is 1.55. The number of piperazine rings is 1. The van der Waals surface area contributed by atoms with Gasteiger partial charge in [-0.1, -0.05) is 37.0 Å². The van der Waals surface area contributed by atoms with Crippen LogP contribution in [-0.4, -0.2) is 64.6 Å². The van der Waals surface area contributed by atoms with E-state index in [0.717, 1.165) is 49.5 Å². The van der Waals surface area contributed by atoms with Gasteiger partial charge in [0.25, 0.3) is 11.5 Å². The Morgan fingerprint density at radius 3 is 2.61 bits per heavy atom. The van der Waals surface area contributed by atoms with E-state index in [1.54, 1.807) is 16.4 Å². The summed E-state index contributed by atoms with van der Waals surface area (Å²) in [5.74, 6) is 1.90. The zero-order chi connectivity index (χ0) is 27.0. The van der Waals surface area contributed by atoms with Gasteiger partial charge in [-0.25, -0.2) is 0 Å². The minimum absolute atomic E-state index is 0.110. The number of benzene rings is 1. The molecule has 1 aromatic carbocycles. The Morgan fingerprint density at radius 2 is 1.89 bits per heavy atom. The number of thioether (sulfide) groups is 1. The summed E-state index contributed by atoms with van der Waals surface area (Å²) in [6.07, 6.45) is 2.56. The molecule has 2 fully saturated rings. The number of hydrogen-bond donors (Lipinski definition) is 0. The second-order valence-electron chi connectivity index (χ2n) is 9.55. The van der Waals surface area contributed by atoms with Gasteiger partial charge >= 0.3 is 0 Å². The van der Waals surface area contributed by atoms with Gasteiger partial charge in [-0.3, -0.25) is 19.1 Å². The zero-order valence-electron chi connectivity index (χ0n) is 21.7. The average molecular weight is 552 g/mol. The number of carbonyl (C=O) groups is 1. The highest BCUT2D eigenvalue weighted by molar-refractivity contribution is 8.26. The molecule has 3 aliphatic heterocycles. The van der Waals surface area contributed by atoms with Crippen LogP contribution in [0, 0.1) is 18.3 Å². The standard InChI is InChI=1S/C27H29N5O4S2/c1-4-7-31-24(30-10-8-29(3)9-11-30)19(17(2)20(14-28)25(31)33)13-23-26(34)32(27(37)38-23)15-18-5-6-21-22(12-18)36-16-35-21/h5-6,12-13H,4,7-11,15-16H2,1-3H3/b23-13+. The van der Waals surface area contributed by atoms with Crippen LogP contribution in [0.2, 0.25) is 0 Å². The molecule has 3 aliphatic rings. The number of ether oxygens (including phenoxy) is 2. The minimum Gasteiger partial charge on any atom is -0.454 e. The smallest absolute Gasteiger partial charge is 0.270 e. The summed E-state index contributed by atoms with van der Waals surface area (Å²) in [7, 11) is 2.08. The molecule has 38 heavy (non-hydrogen) atoms. The summed E-state index contributed by atoms with van der Waals surface area (Å²) in [6, 6.07) is 7.69. The molecule has 0 radical (unpaired) electrons. The highest BCUT2D eigenvalue weighted by Gasteiger charge is 2.34. The van der Waals surface area contributed by atoms with Gasteiger partial charge in [0.1, 0.15) is 21.8 Å². The molecule has 0 unspecified atom stereocenters. The molecule has 1 amide bonds. The van der Waals surface area contributed by atoms with Crippen molar-refractivity contribution in [2.45, 2.75) is 33.4 Å². The maximum Gasteiger partial charge on any atom is 0.270 e. The molecule has 5 rings (SSSR count). The van der Waals surface area contributed by atoms with Gasteiger partial charge in [0.05, 0.1) is 11.4 Å². The Kier molecular flexibility index (Phi) is 7.47. The maximum absolute atomic E-state index is 13.6. The zero-order valence-corrected chi connectivity index (χ0v) is 23.3. The number of likely N-dealkylation sites (N-methyl/N-ethyl adjacent to an activating group) is 1. The number of aromatic nitrogens is 1. The molecule has 2 saturated heterocycles. The molecule has 0 saturated carbocycles. The summed E-state index contributed by atoms with van der Waals surface area (Å²) in [4.78, 5) is 33.4. The van der Waals surface area contributed by atoms with E-state index < -0.39 is 0 Å². The lowest BCUT2D eigenvalue weighted by atomic mass is 10.0. The van der Waals surface area contributed by atoms with Gasteiger partial charge in [-0.05, 0) is 49.7 Å². The molecule has 11 heteroatoms. The second-order valence-corrected chi connectivity index (χ2v) is 11.2. The van der Waals surface area contributed by atoms with Crippen molar-refractivity contribution in [2.24, 2.45) is 0 Å². The van der Waals surface area contributed by atoms with E-state index in [1.807, 2.05) is 31.2 Å². The monoisotopic (exact) mass is 551 g/mol. The number of rotatable bonds is 6. The normalized spacial score (nSPS) is 18.5. The van der Waals surface area contributed by atoms with Gasteiger partial charge in [0.15, 0.2) is 11.5 Å². The average Bonchev–Trinajstić information content (AvgIpc) is 3.47. The van der Waals surface area contributed by atoms with E-state index in [-0.39, 0.29) is 23.8 Å². The first-order chi connectivity index (χ1) is 18.3. The summed E-state index contributed by atoms with van der Waals surface area (Å²) >= 11 is 6.84. The largest absolute Gasteiger partial charge is 0.454 e. The molecular weight excluding hydrogens is 522 g/mol. The van der Waals surface area contributed by atoms with E-state index >= 15 is 0 Å². The van der Waals surface area contributed by atoms with E-state index in [2.05, 4.69) is 22.9 Å². The lowest BCUT2D eigenvalue weighted by Gasteiger charge is -2.36. The molecule has 9 nitrogen and oxygen atoms in total. The quantitative estimate of drug-likeness (QED) is 0.396. The molecular formula is C27H29N5O4S2. The predicted molar refractivity (Wildman–Crippen MR) is 151 cm³/mol. The highest BCUT2D eigenvalue weighted by Crippen LogP contribution is 2.38. The van der Waals surface area contributed by atoms with E-state index in [0.29, 0.717) is 39.4 Å². The summed E-state index contributed by atoms with van der Waals surface area (Å²) < 4.78 is 13.0. The summed E-state index contributed by atoms with van der Waals surface area (Å²) in [5, 5.41) is 9.86. The van der Waals surface area contributed by atoms with Gasteiger partial charge in [-0.15, -0.1) is 0 Å². The molecule has 198 valence electrons. The Labute approximate surface area is 231 Å². The lowest BCUT2D eigenvalue weighted by Crippen LogP contribution is -2.47. The van der Waals surface area contributed by atoms with Crippen molar-refractivity contribution in [3.8, 4) is 17.6 Å². The van der Waals surface area contributed by atoms with Gasteiger partial charge < -0.3 is 19.3 Å². The first-order valence-corrected chi connectivity index (χ1v) is 13.8. The maximum atomic E-state index is 13.6. The number of fused-ring (bicyclic) bond motifs is 1. The minimum atomic E-state index is -0.284. The van der Waals surface area contributed by atoms with Crippen LogP contribution in [0.25, 0.3) is 6.08 Å². The number of hydrogen-bond acceptors (Lipinski definition) is 9. The van der Waals surface area contributed by atoms with Gasteiger partial charge in [-0.2, -0.15) is 5.26 Å². The fourth-order valence-electron chi connectivity index (χ4n) is 4.92. The SMILES string of the molecule is CCCn1c(N2CCN(C)CC2)c(/C=C2/SC(=S)N(Cc3ccc4c(c3)OCO4)C2=O)c(C)c(C#N)c1=O. The van der Waals surface area contributed by atoms with Gasteiger partial charge in [0.2, 0.25) is 6.79 Å².